The van der Waals surface area contributed by atoms with Crippen LogP contribution in [0.25, 0.3) is 5.76 Å². The molecule has 0 saturated carbocycles. The predicted octanol–water partition coefficient (Wildman–Crippen LogP) is 6.32. The Labute approximate surface area is 206 Å². The van der Waals surface area contributed by atoms with Crippen LogP contribution >= 0.6 is 0 Å². The molecule has 0 bridgehead atoms. The number of aliphatic hydroxyl groups excluding tert-OH is 1. The summed E-state index contributed by atoms with van der Waals surface area (Å²) in [6, 6.07) is 21.5. The smallest absolute Gasteiger partial charge is 0.300 e. The number of aryl methyl sites for hydroxylation is 1. The van der Waals surface area contributed by atoms with Crippen LogP contribution < -0.4 is 9.64 Å². The van der Waals surface area contributed by atoms with Gasteiger partial charge in [0.05, 0.1) is 18.2 Å². The Morgan fingerprint density at radius 3 is 2.34 bits per heavy atom. The Morgan fingerprint density at radius 2 is 1.69 bits per heavy atom. The van der Waals surface area contributed by atoms with Crippen molar-refractivity contribution in [2.75, 3.05) is 11.5 Å². The standard InChI is InChI=1S/C30H31NO4/c1-6-35-23-14-10-13-22(18-23)31-26(20-11-8-7-9-12-20)25(28(33)29(31)34)27(32)24-17-21(30(3,4)5)16-15-19(24)2/h7-18,26,32H,6H2,1-5H3/b27-25+. The molecule has 0 spiro atoms. The number of ether oxygens (including phenoxy) is 1. The number of nitrogens with zero attached hydrogens (tertiary/aromatic N) is 1. The first-order valence-corrected chi connectivity index (χ1v) is 11.8. The third kappa shape index (κ3) is 4.59. The molecule has 180 valence electrons. The van der Waals surface area contributed by atoms with Crippen LogP contribution in [0.15, 0.2) is 78.4 Å². The van der Waals surface area contributed by atoms with Gasteiger partial charge in [0.25, 0.3) is 11.7 Å². The minimum Gasteiger partial charge on any atom is -0.507 e. The minimum atomic E-state index is -0.772. The molecule has 1 aliphatic heterocycles. The maximum Gasteiger partial charge on any atom is 0.300 e. The van der Waals surface area contributed by atoms with E-state index in [4.69, 9.17) is 4.74 Å². The van der Waals surface area contributed by atoms with E-state index in [0.717, 1.165) is 16.7 Å². The Hall–Kier alpha value is -3.86. The van der Waals surface area contributed by atoms with E-state index in [9.17, 15) is 14.7 Å². The topological polar surface area (TPSA) is 66.8 Å². The number of benzene rings is 3. The summed E-state index contributed by atoms with van der Waals surface area (Å²) in [5.41, 5.74) is 3.61. The van der Waals surface area contributed by atoms with Crippen LogP contribution in [-0.4, -0.2) is 23.4 Å². The molecule has 1 N–H and O–H groups in total. The molecule has 35 heavy (non-hydrogen) atoms. The maximum absolute atomic E-state index is 13.5. The highest BCUT2D eigenvalue weighted by atomic mass is 16.5. The molecule has 1 heterocycles. The van der Waals surface area contributed by atoms with Crippen molar-refractivity contribution < 1.29 is 19.4 Å². The molecular weight excluding hydrogens is 438 g/mol. The lowest BCUT2D eigenvalue weighted by molar-refractivity contribution is -0.132. The van der Waals surface area contributed by atoms with Gasteiger partial charge in [-0.05, 0) is 54.2 Å². The molecule has 3 aromatic rings. The molecule has 4 rings (SSSR count). The van der Waals surface area contributed by atoms with Crippen LogP contribution in [0.5, 0.6) is 5.75 Å². The predicted molar refractivity (Wildman–Crippen MR) is 139 cm³/mol. The van der Waals surface area contributed by atoms with Gasteiger partial charge in [0.1, 0.15) is 11.5 Å². The molecule has 0 aromatic heterocycles. The fourth-order valence-electron chi connectivity index (χ4n) is 4.43. The molecule has 1 aliphatic rings. The molecule has 1 fully saturated rings. The number of amides is 1. The number of carbonyl (C=O) groups excluding carboxylic acids is 2. The fraction of sp³-hybridized carbons (Fsp3) is 0.267. The number of hydrogen-bond acceptors (Lipinski definition) is 4. The van der Waals surface area contributed by atoms with E-state index in [1.54, 1.807) is 18.2 Å². The zero-order valence-corrected chi connectivity index (χ0v) is 20.8. The van der Waals surface area contributed by atoms with E-state index in [-0.39, 0.29) is 16.7 Å². The van der Waals surface area contributed by atoms with Gasteiger partial charge in [-0.25, -0.2) is 0 Å². The highest BCUT2D eigenvalue weighted by Crippen LogP contribution is 2.43. The van der Waals surface area contributed by atoms with Gasteiger partial charge in [-0.2, -0.15) is 0 Å². The Morgan fingerprint density at radius 1 is 0.971 bits per heavy atom. The molecule has 5 nitrogen and oxygen atoms in total. The van der Waals surface area contributed by atoms with Crippen LogP contribution in [0.4, 0.5) is 5.69 Å². The van der Waals surface area contributed by atoms with Crippen LogP contribution in [0.1, 0.15) is 56.0 Å². The molecule has 1 amide bonds. The summed E-state index contributed by atoms with van der Waals surface area (Å²) in [6.07, 6.45) is 0. The summed E-state index contributed by atoms with van der Waals surface area (Å²) >= 11 is 0. The van der Waals surface area contributed by atoms with Crippen molar-refractivity contribution in [2.45, 2.75) is 46.1 Å². The SMILES string of the molecule is CCOc1cccc(N2C(=O)C(=O)/C(=C(/O)c3cc(C(C)(C)C)ccc3C)C2c2ccccc2)c1. The first-order chi connectivity index (χ1) is 16.6. The van der Waals surface area contributed by atoms with Crippen LogP contribution in [0.2, 0.25) is 0 Å². The molecule has 1 unspecified atom stereocenters. The Balaban J connectivity index is 1.95. The summed E-state index contributed by atoms with van der Waals surface area (Å²) < 4.78 is 5.63. The first kappa shape index (κ1) is 24.3. The Kier molecular flexibility index (Phi) is 6.53. The third-order valence-corrected chi connectivity index (χ3v) is 6.33. The van der Waals surface area contributed by atoms with Gasteiger partial charge in [-0.15, -0.1) is 0 Å². The highest BCUT2D eigenvalue weighted by Gasteiger charge is 2.47. The van der Waals surface area contributed by atoms with Crippen molar-refractivity contribution in [1.29, 1.82) is 0 Å². The average Bonchev–Trinajstić information content (AvgIpc) is 3.09. The van der Waals surface area contributed by atoms with Crippen LogP contribution in [-0.2, 0) is 15.0 Å². The van der Waals surface area contributed by atoms with Gasteiger partial charge in [0.15, 0.2) is 0 Å². The van der Waals surface area contributed by atoms with E-state index in [1.807, 2.05) is 68.4 Å². The van der Waals surface area contributed by atoms with Gasteiger partial charge in [-0.1, -0.05) is 69.3 Å². The number of aliphatic hydroxyl groups is 1. The number of carbonyl (C=O) groups is 2. The number of ketones is 1. The summed E-state index contributed by atoms with van der Waals surface area (Å²) in [7, 11) is 0. The van der Waals surface area contributed by atoms with Crippen LogP contribution in [0.3, 0.4) is 0 Å². The second-order valence-electron chi connectivity index (χ2n) is 9.79. The molecular formula is C30H31NO4. The maximum atomic E-state index is 13.5. The zero-order chi connectivity index (χ0) is 25.3. The molecule has 3 aromatic carbocycles. The summed E-state index contributed by atoms with van der Waals surface area (Å²) in [5, 5.41) is 11.6. The van der Waals surface area contributed by atoms with Crippen LogP contribution in [0, 0.1) is 6.92 Å². The van der Waals surface area contributed by atoms with Crippen molar-refractivity contribution in [3.63, 3.8) is 0 Å². The molecule has 1 atom stereocenters. The molecule has 1 saturated heterocycles. The molecule has 0 aliphatic carbocycles. The van der Waals surface area contributed by atoms with Crippen molar-refractivity contribution >= 4 is 23.1 Å². The quantitative estimate of drug-likeness (QED) is 0.270. The van der Waals surface area contributed by atoms with Gasteiger partial charge < -0.3 is 9.84 Å². The minimum absolute atomic E-state index is 0.0807. The lowest BCUT2D eigenvalue weighted by Crippen LogP contribution is -2.29. The largest absolute Gasteiger partial charge is 0.507 e. The normalized spacial score (nSPS) is 17.6. The fourth-order valence-corrected chi connectivity index (χ4v) is 4.43. The monoisotopic (exact) mass is 469 g/mol. The van der Waals surface area contributed by atoms with E-state index >= 15 is 0 Å². The van der Waals surface area contributed by atoms with Crippen molar-refractivity contribution in [3.8, 4) is 5.75 Å². The molecule has 5 heteroatoms. The van der Waals surface area contributed by atoms with Gasteiger partial charge in [0, 0.05) is 17.3 Å². The second kappa shape index (κ2) is 9.41. The number of rotatable bonds is 5. The Bertz CT molecular complexity index is 1300. The summed E-state index contributed by atoms with van der Waals surface area (Å²) in [4.78, 5) is 28.3. The third-order valence-electron chi connectivity index (χ3n) is 6.33. The van der Waals surface area contributed by atoms with Gasteiger partial charge in [-0.3, -0.25) is 14.5 Å². The van der Waals surface area contributed by atoms with E-state index < -0.39 is 17.7 Å². The number of Topliss-reactive ketones (excluding diaryl/α,β-unsaturated/α-hetero) is 1. The van der Waals surface area contributed by atoms with E-state index in [0.29, 0.717) is 23.6 Å². The van der Waals surface area contributed by atoms with Gasteiger partial charge >= 0.3 is 0 Å². The summed E-state index contributed by atoms with van der Waals surface area (Å²) in [5.74, 6) is -0.950. The van der Waals surface area contributed by atoms with Crippen molar-refractivity contribution in [1.82, 2.24) is 0 Å². The number of anilines is 1. The second-order valence-corrected chi connectivity index (χ2v) is 9.79. The van der Waals surface area contributed by atoms with E-state index in [2.05, 4.69) is 20.8 Å². The lowest BCUT2D eigenvalue weighted by Gasteiger charge is -2.26. The van der Waals surface area contributed by atoms with E-state index in [1.165, 1.54) is 4.90 Å². The molecule has 0 radical (unpaired) electrons. The van der Waals surface area contributed by atoms with Gasteiger partial charge in [0.2, 0.25) is 0 Å². The number of hydrogen-bond donors (Lipinski definition) is 1. The van der Waals surface area contributed by atoms with Crippen molar-refractivity contribution in [2.24, 2.45) is 0 Å². The zero-order valence-electron chi connectivity index (χ0n) is 20.8. The average molecular weight is 470 g/mol. The highest BCUT2D eigenvalue weighted by molar-refractivity contribution is 6.51. The lowest BCUT2D eigenvalue weighted by atomic mass is 9.84. The summed E-state index contributed by atoms with van der Waals surface area (Å²) in [6.45, 7) is 10.5. The first-order valence-electron chi connectivity index (χ1n) is 11.8. The van der Waals surface area contributed by atoms with Crippen molar-refractivity contribution in [3.05, 3.63) is 101 Å².